The summed E-state index contributed by atoms with van der Waals surface area (Å²) in [6, 6.07) is 111. The molecule has 0 unspecified atom stereocenters. The van der Waals surface area contributed by atoms with Crippen molar-refractivity contribution in [2.75, 3.05) is 9.80 Å². The molecule has 0 fully saturated rings. The van der Waals surface area contributed by atoms with Gasteiger partial charge >= 0.3 is 306 Å². The average molecular weight is 1410 g/mol. The summed E-state index contributed by atoms with van der Waals surface area (Å²) in [5.41, 5.74) is 25.4. The van der Waals surface area contributed by atoms with E-state index in [1.54, 1.807) is 0 Å². The Morgan fingerprint density at radius 1 is 0.400 bits per heavy atom. The normalized spacial score (nSPS) is 13.1. The van der Waals surface area contributed by atoms with E-state index in [4.69, 9.17) is 9.72 Å². The Kier molecular flexibility index (Phi) is 14.6. The molecule has 0 saturated carbocycles. The quantitative estimate of drug-likeness (QED) is 0.128. The summed E-state index contributed by atoms with van der Waals surface area (Å²) in [6.07, 6.45) is 2.04. The zero-order valence-corrected chi connectivity index (χ0v) is 56.4. The Balaban J connectivity index is 0.892. The van der Waals surface area contributed by atoms with Crippen LogP contribution in [-0.2, 0) is 35.6 Å². The fourth-order valence-electron chi connectivity index (χ4n) is 14.4. The number of aromatic nitrogens is 3. The molecule has 0 aliphatic carbocycles. The van der Waals surface area contributed by atoms with Gasteiger partial charge in [0.25, 0.3) is 0 Å². The average Bonchev–Trinajstić information content (AvgIpc) is 1.31. The van der Waals surface area contributed by atoms with Gasteiger partial charge in [0.1, 0.15) is 0 Å². The molecule has 0 bridgehead atoms. The first-order valence-electron chi connectivity index (χ1n) is 32.6. The van der Waals surface area contributed by atoms with Crippen LogP contribution >= 0.6 is 0 Å². The molecule has 6 nitrogen and oxygen atoms in total. The summed E-state index contributed by atoms with van der Waals surface area (Å²) < 4.78 is 12.9. The number of ether oxygens (including phenoxy) is 1. The molecule has 0 radical (unpaired) electrons. The van der Waals surface area contributed by atoms with E-state index in [0.29, 0.717) is 11.5 Å². The third kappa shape index (κ3) is 10.1. The van der Waals surface area contributed by atoms with E-state index in [1.165, 1.54) is 33.4 Å². The first kappa shape index (κ1) is 59.4. The molecule has 2 aliphatic rings. The Bertz CT molecular complexity index is 5210. The maximum absolute atomic E-state index is 7.23. The molecule has 0 saturated heterocycles. The number of para-hydroxylation sites is 5. The zero-order valence-electron chi connectivity index (χ0n) is 54.2. The summed E-state index contributed by atoms with van der Waals surface area (Å²) in [6.45, 7) is 16.1. The van der Waals surface area contributed by atoms with E-state index < -0.39 is 5.41 Å². The van der Waals surface area contributed by atoms with Crippen LogP contribution in [0.5, 0.6) is 11.5 Å². The Morgan fingerprint density at radius 2 is 0.884 bits per heavy atom. The van der Waals surface area contributed by atoms with Gasteiger partial charge in [-0.3, -0.25) is 0 Å². The minimum absolute atomic E-state index is 0.140. The van der Waals surface area contributed by atoms with Crippen molar-refractivity contribution in [3.8, 4) is 67.4 Å². The van der Waals surface area contributed by atoms with E-state index in [1.807, 2.05) is 12.3 Å². The Hall–Kier alpha value is -10.7. The summed E-state index contributed by atoms with van der Waals surface area (Å²) >= 11 is 2.51. The molecule has 16 rings (SSSR count). The second kappa shape index (κ2) is 23.4. The first-order valence-corrected chi connectivity index (χ1v) is 33.7. The molecule has 95 heavy (non-hydrogen) atoms. The summed E-state index contributed by atoms with van der Waals surface area (Å²) in [7, 11) is 0. The molecule has 0 amide bonds. The molecular formula is C88H69N5OPt-2. The van der Waals surface area contributed by atoms with E-state index >= 15 is 0 Å². The van der Waals surface area contributed by atoms with Crippen molar-refractivity contribution < 1.29 is 24.1 Å². The number of fused-ring (bicyclic) bond motifs is 9. The predicted octanol–water partition coefficient (Wildman–Crippen LogP) is 22.8. The third-order valence-electron chi connectivity index (χ3n) is 19.1. The molecule has 2 aromatic heterocycles. The summed E-state index contributed by atoms with van der Waals surface area (Å²) in [5.74, 6) is 1.88. The monoisotopic (exact) mass is 1410 g/mol. The molecule has 0 N–H and O–H groups in total. The van der Waals surface area contributed by atoms with Crippen LogP contribution in [-0.4, -0.2) is 14.1 Å². The predicted molar refractivity (Wildman–Crippen MR) is 387 cm³/mol. The minimum Gasteiger partial charge on any atom is -0.310 e. The topological polar surface area (TPSA) is 38.5 Å². The van der Waals surface area contributed by atoms with Crippen LogP contribution in [0.3, 0.4) is 0 Å². The van der Waals surface area contributed by atoms with Crippen LogP contribution in [0.1, 0.15) is 80.5 Å². The number of hydrogen-bond acceptors (Lipinski definition) is 4. The molecule has 464 valence electrons. The van der Waals surface area contributed by atoms with Gasteiger partial charge in [0.15, 0.2) is 0 Å². The van der Waals surface area contributed by atoms with Crippen molar-refractivity contribution >= 4 is 45.3 Å². The van der Waals surface area contributed by atoms with Crippen LogP contribution in [0.25, 0.3) is 66.9 Å². The molecule has 1 spiro atoms. The molecule has 2 aliphatic heterocycles. The van der Waals surface area contributed by atoms with Gasteiger partial charge in [0.05, 0.1) is 11.4 Å². The van der Waals surface area contributed by atoms with Crippen LogP contribution in [0.2, 0.25) is 0 Å². The first-order chi connectivity index (χ1) is 46.2. The molecule has 0 atom stereocenters. The van der Waals surface area contributed by atoms with Crippen molar-refractivity contribution in [1.82, 2.24) is 14.1 Å². The third-order valence-corrected chi connectivity index (χ3v) is 20.1. The van der Waals surface area contributed by atoms with Crippen LogP contribution in [0.4, 0.5) is 34.3 Å². The summed E-state index contributed by atoms with van der Waals surface area (Å²) in [5, 5.41) is 0. The number of aryl methyl sites for hydroxylation is 1. The van der Waals surface area contributed by atoms with Crippen LogP contribution < -0.4 is 14.5 Å². The smallest absolute Gasteiger partial charge is 0.310 e. The van der Waals surface area contributed by atoms with Gasteiger partial charge in [-0.15, -0.1) is 0 Å². The maximum atomic E-state index is 7.23. The fraction of sp³-hybridized carbons (Fsp3) is 0.114. The number of imidazole rings is 1. The van der Waals surface area contributed by atoms with Gasteiger partial charge in [0, 0.05) is 17.4 Å². The van der Waals surface area contributed by atoms with E-state index in [2.05, 4.69) is 378 Å². The minimum atomic E-state index is -0.858. The Labute approximate surface area is 567 Å². The number of benzene rings is 12. The second-order valence-corrected chi connectivity index (χ2v) is 28.0. The SMILES string of the molecule is Cc1cc(N2c3[c-]c(Oc4[c-]c(-n5[c](=[Pt])n(-c6c(-c7ccccc7)cccc6-c6ccccc6)c6ccccc65)ccc4)ccc3C3(c4ccccc42)c2ccc(C(C)(C)C)cc2N(c2ccccc2)c2cc(C(C)(C)C)ccc23)ncc1-c1ccc(-c2ccccc2)cc1. The Morgan fingerprint density at radius 3 is 1.48 bits per heavy atom. The number of anilines is 6. The molecule has 4 heterocycles. The van der Waals surface area contributed by atoms with Gasteiger partial charge in [-0.05, 0) is 75.4 Å². The van der Waals surface area contributed by atoms with E-state index in [-0.39, 0.29) is 10.8 Å². The summed E-state index contributed by atoms with van der Waals surface area (Å²) in [4.78, 5) is 10.3. The fourth-order valence-corrected chi connectivity index (χ4v) is 15.5. The zero-order chi connectivity index (χ0) is 64.7. The van der Waals surface area contributed by atoms with Crippen molar-refractivity contribution in [1.29, 1.82) is 0 Å². The molecule has 7 heteroatoms. The molecule has 12 aromatic carbocycles. The van der Waals surface area contributed by atoms with Crippen molar-refractivity contribution in [2.24, 2.45) is 0 Å². The van der Waals surface area contributed by atoms with Gasteiger partial charge < -0.3 is 4.90 Å². The van der Waals surface area contributed by atoms with Gasteiger partial charge in [-0.25, -0.2) is 0 Å². The molecule has 14 aromatic rings. The van der Waals surface area contributed by atoms with Crippen LogP contribution in [0, 0.1) is 22.9 Å². The molecular weight excluding hydrogens is 1340 g/mol. The van der Waals surface area contributed by atoms with E-state index in [9.17, 15) is 0 Å². The second-order valence-electron chi connectivity index (χ2n) is 27.0. The van der Waals surface area contributed by atoms with Gasteiger partial charge in [-0.1, -0.05) is 157 Å². The number of pyridine rings is 1. The van der Waals surface area contributed by atoms with Crippen LogP contribution in [0.15, 0.2) is 291 Å². The number of rotatable bonds is 10. The standard InChI is InChI=1S/C88H69N5O.Pt/c1-59-52-84(89-57-73(59)64-44-42-61(43-45-64)60-26-12-8-13-27-60)93-78-39-21-20-38-74(78)88(75-49-46-65(86(2,3)4)53-81(75)92(67-32-18-11-19-33-67)82-54-66(87(5,6)7)47-50-76(82)88)77-51-48-70(56-83(77)93)94-69-35-24-34-68(55-69)90-58-91(80-41-23-22-40-79(80)90)85-71(62-28-14-9-15-29-62)36-25-37-72(85)63-30-16-10-17-31-63;/h8-54,57H,1-7H3;/q-2;. The van der Waals surface area contributed by atoms with Crippen molar-refractivity contribution in [2.45, 2.75) is 64.7 Å². The van der Waals surface area contributed by atoms with Gasteiger partial charge in [-0.2, -0.15) is 0 Å². The number of nitrogens with zero attached hydrogens (tertiary/aromatic N) is 5. The van der Waals surface area contributed by atoms with E-state index in [0.717, 1.165) is 111 Å². The van der Waals surface area contributed by atoms with Crippen molar-refractivity contribution in [3.63, 3.8) is 0 Å². The van der Waals surface area contributed by atoms with Gasteiger partial charge in [0.2, 0.25) is 0 Å². The van der Waals surface area contributed by atoms with Crippen molar-refractivity contribution in [3.05, 3.63) is 346 Å². The number of hydrogen-bond donors (Lipinski definition) is 0.